The molecule has 11 nitrogen and oxygen atoms in total. The third-order valence-corrected chi connectivity index (χ3v) is 15.0. The van der Waals surface area contributed by atoms with E-state index < -0.39 is 17.7 Å². The van der Waals surface area contributed by atoms with Crippen LogP contribution in [0.25, 0.3) is 0 Å². The van der Waals surface area contributed by atoms with Crippen molar-refractivity contribution in [2.45, 2.75) is 120 Å². The number of aliphatic hydroxyl groups excluding tert-OH is 2. The molecule has 0 spiro atoms. The van der Waals surface area contributed by atoms with Gasteiger partial charge in [-0.3, -0.25) is 4.79 Å². The first-order valence-corrected chi connectivity index (χ1v) is 25.1. The van der Waals surface area contributed by atoms with E-state index in [1.54, 1.807) is 17.8 Å². The Kier molecular flexibility index (Phi) is 16.5. The Labute approximate surface area is 389 Å². The number of aliphatic hydroxyl groups is 2. The summed E-state index contributed by atoms with van der Waals surface area (Å²) in [6.45, 7) is 7.88. The normalized spacial score (nSPS) is 24.8. The number of benzene rings is 3. The van der Waals surface area contributed by atoms with Gasteiger partial charge in [-0.1, -0.05) is 80.1 Å². The number of unbranched alkanes of at least 4 members (excludes halogenated alkanes) is 2. The van der Waals surface area contributed by atoms with E-state index in [0.717, 1.165) is 78.9 Å². The summed E-state index contributed by atoms with van der Waals surface area (Å²) in [6, 6.07) is 21.8. The summed E-state index contributed by atoms with van der Waals surface area (Å²) in [7, 11) is 0. The fraction of sp³-hybridized carbons (Fsp3) is 0.547. The minimum absolute atomic E-state index is 0.0459. The van der Waals surface area contributed by atoms with Crippen molar-refractivity contribution >= 4 is 23.4 Å². The SMILES string of the molecule is C=CCO[C@@]12Oc3ccc(OCCSc4ccccc4)cc3[C@H]3[C@H](CCCCO)[C@@H](CCCCO)C=C(C(=NOCC)C[C@@H]1N(Cc1ccc4c(c1)OCO4)C(=O)CCC1CCCC1)[C@H]32. The van der Waals surface area contributed by atoms with Gasteiger partial charge < -0.3 is 43.6 Å². The van der Waals surface area contributed by atoms with Crippen LogP contribution in [-0.2, 0) is 20.9 Å². The Balaban J connectivity index is 1.26. The Morgan fingerprint density at radius 2 is 1.74 bits per heavy atom. The maximum Gasteiger partial charge on any atom is 0.239 e. The highest BCUT2D eigenvalue weighted by Crippen LogP contribution is 2.62. The number of carbonyl (C=O) groups is 1. The number of amides is 1. The third kappa shape index (κ3) is 10.9. The number of hydrogen-bond acceptors (Lipinski definition) is 11. The van der Waals surface area contributed by atoms with Gasteiger partial charge in [-0.15, -0.1) is 18.3 Å². The van der Waals surface area contributed by atoms with Gasteiger partial charge in [-0.05, 0) is 110 Å². The summed E-state index contributed by atoms with van der Waals surface area (Å²) >= 11 is 1.76. The Bertz CT molecular complexity index is 2110. The van der Waals surface area contributed by atoms with Crippen LogP contribution in [0.3, 0.4) is 0 Å². The van der Waals surface area contributed by atoms with Crippen LogP contribution in [0.1, 0.15) is 107 Å². The zero-order chi connectivity index (χ0) is 45.0. The zero-order valence-electron chi connectivity index (χ0n) is 38.1. The van der Waals surface area contributed by atoms with E-state index in [1.165, 1.54) is 17.7 Å². The molecule has 6 atom stereocenters. The quantitative estimate of drug-likeness (QED) is 0.0388. The zero-order valence-corrected chi connectivity index (χ0v) is 38.9. The fourth-order valence-electron chi connectivity index (χ4n) is 11.1. The van der Waals surface area contributed by atoms with Crippen LogP contribution in [-0.4, -0.2) is 84.1 Å². The summed E-state index contributed by atoms with van der Waals surface area (Å²) < 4.78 is 32.8. The van der Waals surface area contributed by atoms with Crippen molar-refractivity contribution in [3.8, 4) is 23.0 Å². The maximum absolute atomic E-state index is 15.2. The lowest BCUT2D eigenvalue weighted by Crippen LogP contribution is -2.70. The highest BCUT2D eigenvalue weighted by molar-refractivity contribution is 7.99. The van der Waals surface area contributed by atoms with Gasteiger partial charge in [-0.25, -0.2) is 0 Å². The van der Waals surface area contributed by atoms with E-state index in [9.17, 15) is 10.2 Å². The standard InChI is InChI=1S/C53H68N2O9S/c1-3-28-62-53-49(55(50(58)25-21-37-14-8-9-15-37)35-38-20-23-47-48(31-38)61-36-60-47)34-45(54-63-4-2)43-32-39(16-10-12-26-56)42(19-11-13-27-57)51(52(43)53)44-33-40(22-24-46(44)64-53)59-29-30-65-41-17-6-5-7-18-41/h3,5-7,17-18,20,22-24,31-33,37,39,42,49,51-52,56-57H,1,4,8-16,19,21,25-30,34-36H2,2H3/t39-,42+,49-,51+,52+,53+/m0/s1. The van der Waals surface area contributed by atoms with E-state index in [-0.39, 0.29) is 50.3 Å². The monoisotopic (exact) mass is 908 g/mol. The maximum atomic E-state index is 15.2. The minimum Gasteiger partial charge on any atom is -0.493 e. The molecule has 1 amide bonds. The molecule has 8 rings (SSSR count). The van der Waals surface area contributed by atoms with Crippen LogP contribution in [0.4, 0.5) is 0 Å². The fourth-order valence-corrected chi connectivity index (χ4v) is 11.8. The van der Waals surface area contributed by atoms with Gasteiger partial charge in [0.05, 0.1) is 24.8 Å². The topological polar surface area (TPSA) is 129 Å². The number of hydrogen-bond donors (Lipinski definition) is 2. The molecule has 0 aromatic heterocycles. The number of thioether (sulfide) groups is 1. The van der Waals surface area contributed by atoms with Gasteiger partial charge in [-0.2, -0.15) is 0 Å². The van der Waals surface area contributed by atoms with E-state index in [2.05, 4.69) is 43.0 Å². The molecule has 0 bridgehead atoms. The molecule has 0 radical (unpaired) electrons. The molecule has 3 aromatic carbocycles. The van der Waals surface area contributed by atoms with Crippen LogP contribution in [0.15, 0.2) is 101 Å². The predicted octanol–water partition coefficient (Wildman–Crippen LogP) is 10.2. The van der Waals surface area contributed by atoms with Crippen molar-refractivity contribution < 1.29 is 43.5 Å². The summed E-state index contributed by atoms with van der Waals surface area (Å²) in [5.74, 6) is 2.56. The van der Waals surface area contributed by atoms with E-state index in [4.69, 9.17) is 33.7 Å². The average molecular weight is 909 g/mol. The van der Waals surface area contributed by atoms with E-state index in [0.29, 0.717) is 68.6 Å². The highest BCUT2D eigenvalue weighted by Gasteiger charge is 2.65. The first kappa shape index (κ1) is 47.0. The van der Waals surface area contributed by atoms with Crippen molar-refractivity contribution in [3.63, 3.8) is 0 Å². The van der Waals surface area contributed by atoms with Crippen LogP contribution in [0, 0.1) is 23.7 Å². The number of ether oxygens (including phenoxy) is 5. The van der Waals surface area contributed by atoms with Gasteiger partial charge in [0.25, 0.3) is 0 Å². The average Bonchev–Trinajstić information content (AvgIpc) is 4.04. The van der Waals surface area contributed by atoms with Crippen molar-refractivity contribution in [2.24, 2.45) is 28.8 Å². The molecule has 350 valence electrons. The third-order valence-electron chi connectivity index (χ3n) is 14.0. The molecule has 2 N–H and O–H groups in total. The molecule has 0 unspecified atom stereocenters. The van der Waals surface area contributed by atoms with Gasteiger partial charge in [0.2, 0.25) is 18.5 Å². The highest BCUT2D eigenvalue weighted by atomic mass is 32.2. The molecule has 65 heavy (non-hydrogen) atoms. The van der Waals surface area contributed by atoms with Crippen molar-refractivity contribution in [2.75, 3.05) is 45.6 Å². The van der Waals surface area contributed by atoms with Gasteiger partial charge >= 0.3 is 0 Å². The molecule has 3 aromatic rings. The first-order chi connectivity index (χ1) is 32.0. The molecule has 2 fully saturated rings. The molecule has 2 heterocycles. The van der Waals surface area contributed by atoms with E-state index >= 15 is 4.79 Å². The second kappa shape index (κ2) is 22.8. The summed E-state index contributed by atoms with van der Waals surface area (Å²) in [5, 5.41) is 24.9. The van der Waals surface area contributed by atoms with Gasteiger partial charge in [0.15, 0.2) is 11.5 Å². The van der Waals surface area contributed by atoms with Gasteiger partial charge in [0, 0.05) is 54.7 Å². The Hall–Kier alpha value is -4.49. The smallest absolute Gasteiger partial charge is 0.239 e. The second-order valence-electron chi connectivity index (χ2n) is 18.1. The van der Waals surface area contributed by atoms with Crippen LogP contribution in [0.2, 0.25) is 0 Å². The van der Waals surface area contributed by atoms with Crippen LogP contribution < -0.4 is 18.9 Å². The summed E-state index contributed by atoms with van der Waals surface area (Å²) in [4.78, 5) is 24.4. The lowest BCUT2D eigenvalue weighted by Gasteiger charge is -2.60. The number of rotatable bonds is 24. The molecule has 5 aliphatic rings. The largest absolute Gasteiger partial charge is 0.493 e. The lowest BCUT2D eigenvalue weighted by molar-refractivity contribution is -0.258. The molecule has 3 aliphatic carbocycles. The number of allylic oxidation sites excluding steroid dienone is 1. The molecule has 0 saturated heterocycles. The van der Waals surface area contributed by atoms with Crippen LogP contribution in [0.5, 0.6) is 23.0 Å². The number of oxime groups is 1. The number of nitrogens with zero attached hydrogens (tertiary/aromatic N) is 2. The predicted molar refractivity (Wildman–Crippen MR) is 254 cm³/mol. The van der Waals surface area contributed by atoms with E-state index in [1.807, 2.05) is 48.2 Å². The summed E-state index contributed by atoms with van der Waals surface area (Å²) in [5.41, 5.74) is 3.77. The molecule has 12 heteroatoms. The molecule has 2 aliphatic heterocycles. The van der Waals surface area contributed by atoms with Crippen molar-refractivity contribution in [3.05, 3.63) is 102 Å². The van der Waals surface area contributed by atoms with Crippen molar-refractivity contribution in [1.82, 2.24) is 4.90 Å². The molecular formula is C53H68N2O9S. The van der Waals surface area contributed by atoms with Crippen LogP contribution >= 0.6 is 11.8 Å². The number of fused-ring (bicyclic) bond motifs is 3. The number of carbonyl (C=O) groups excluding carboxylic acids is 1. The molecule has 2 saturated carbocycles. The Morgan fingerprint density at radius 3 is 2.52 bits per heavy atom. The first-order valence-electron chi connectivity index (χ1n) is 24.1. The lowest BCUT2D eigenvalue weighted by atomic mass is 9.55. The Morgan fingerprint density at radius 1 is 0.954 bits per heavy atom. The molecular weight excluding hydrogens is 841 g/mol. The summed E-state index contributed by atoms with van der Waals surface area (Å²) in [6.07, 6.45) is 15.3. The van der Waals surface area contributed by atoms with Crippen molar-refractivity contribution in [1.29, 1.82) is 0 Å². The second-order valence-corrected chi connectivity index (χ2v) is 19.3. The minimum atomic E-state index is -1.34. The van der Waals surface area contributed by atoms with Gasteiger partial charge in [0.1, 0.15) is 24.1 Å².